The van der Waals surface area contributed by atoms with Crippen molar-refractivity contribution >= 4 is 0 Å². The summed E-state index contributed by atoms with van der Waals surface area (Å²) in [6.45, 7) is 2.08. The van der Waals surface area contributed by atoms with Crippen LogP contribution in [0, 0.1) is 5.82 Å². The lowest BCUT2D eigenvalue weighted by molar-refractivity contribution is 0.381. The van der Waals surface area contributed by atoms with Crippen LogP contribution in [0.4, 0.5) is 4.39 Å². The van der Waals surface area contributed by atoms with Gasteiger partial charge in [0.05, 0.1) is 7.11 Å². The number of nitrogens with two attached hydrogens (primary N) is 1. The van der Waals surface area contributed by atoms with Gasteiger partial charge >= 0.3 is 0 Å². The number of methoxy groups -OCH3 is 1. The first kappa shape index (κ1) is 12.9. The van der Waals surface area contributed by atoms with E-state index in [0.717, 1.165) is 12.8 Å². The van der Waals surface area contributed by atoms with E-state index in [1.165, 1.54) is 7.11 Å². The van der Waals surface area contributed by atoms with E-state index in [0.29, 0.717) is 12.0 Å². The SMILES string of the molecule is CCCC(Cc1cccc(OC)c1F)NN. The van der Waals surface area contributed by atoms with Gasteiger partial charge in [0.1, 0.15) is 0 Å². The Bertz CT molecular complexity index is 331. The molecule has 0 aliphatic carbocycles. The fourth-order valence-corrected chi connectivity index (χ4v) is 1.73. The molecule has 0 spiro atoms. The number of hydrogen-bond donors (Lipinski definition) is 2. The van der Waals surface area contributed by atoms with Crippen molar-refractivity contribution in [2.75, 3.05) is 7.11 Å². The largest absolute Gasteiger partial charge is 0.494 e. The van der Waals surface area contributed by atoms with E-state index in [4.69, 9.17) is 10.6 Å². The molecule has 1 atom stereocenters. The first-order chi connectivity index (χ1) is 7.72. The molecule has 0 saturated carbocycles. The van der Waals surface area contributed by atoms with Crippen LogP contribution in [0.5, 0.6) is 5.75 Å². The first-order valence-electron chi connectivity index (χ1n) is 5.50. The fourth-order valence-electron chi connectivity index (χ4n) is 1.73. The molecular weight excluding hydrogens is 207 g/mol. The Balaban J connectivity index is 2.79. The zero-order valence-corrected chi connectivity index (χ0v) is 9.79. The number of hydrogen-bond acceptors (Lipinski definition) is 3. The van der Waals surface area contributed by atoms with Crippen LogP contribution >= 0.6 is 0 Å². The summed E-state index contributed by atoms with van der Waals surface area (Å²) < 4.78 is 18.8. The normalized spacial score (nSPS) is 12.5. The summed E-state index contributed by atoms with van der Waals surface area (Å²) in [5.41, 5.74) is 3.34. The average Bonchev–Trinajstić information content (AvgIpc) is 2.31. The lowest BCUT2D eigenvalue weighted by atomic mass is 10.0. The molecule has 0 amide bonds. The molecule has 1 rings (SSSR count). The highest BCUT2D eigenvalue weighted by Gasteiger charge is 2.13. The van der Waals surface area contributed by atoms with E-state index >= 15 is 0 Å². The minimum atomic E-state index is -0.290. The van der Waals surface area contributed by atoms with Crippen molar-refractivity contribution in [3.05, 3.63) is 29.6 Å². The molecule has 0 fully saturated rings. The van der Waals surface area contributed by atoms with Gasteiger partial charge in [-0.25, -0.2) is 4.39 Å². The van der Waals surface area contributed by atoms with Gasteiger partial charge < -0.3 is 4.74 Å². The highest BCUT2D eigenvalue weighted by molar-refractivity contribution is 5.31. The van der Waals surface area contributed by atoms with Crippen molar-refractivity contribution in [3.63, 3.8) is 0 Å². The Hall–Kier alpha value is -1.13. The summed E-state index contributed by atoms with van der Waals surface area (Å²) in [7, 11) is 1.47. The first-order valence-corrected chi connectivity index (χ1v) is 5.50. The van der Waals surface area contributed by atoms with Gasteiger partial charge in [0.25, 0.3) is 0 Å². The molecule has 0 aliphatic heterocycles. The Morgan fingerprint density at radius 3 is 2.81 bits per heavy atom. The number of benzene rings is 1. The molecule has 0 bridgehead atoms. The van der Waals surface area contributed by atoms with E-state index in [1.807, 2.05) is 0 Å². The molecule has 0 aliphatic rings. The quantitative estimate of drug-likeness (QED) is 0.576. The van der Waals surface area contributed by atoms with Crippen LogP contribution in [-0.2, 0) is 6.42 Å². The molecule has 0 heterocycles. The monoisotopic (exact) mass is 226 g/mol. The summed E-state index contributed by atoms with van der Waals surface area (Å²) >= 11 is 0. The molecule has 0 radical (unpaired) electrons. The zero-order chi connectivity index (χ0) is 12.0. The second-order valence-corrected chi connectivity index (χ2v) is 3.79. The molecule has 0 saturated heterocycles. The molecule has 0 aromatic heterocycles. The maximum Gasteiger partial charge on any atom is 0.168 e. The second-order valence-electron chi connectivity index (χ2n) is 3.79. The maximum absolute atomic E-state index is 13.8. The molecule has 90 valence electrons. The van der Waals surface area contributed by atoms with E-state index in [-0.39, 0.29) is 17.6 Å². The zero-order valence-electron chi connectivity index (χ0n) is 9.79. The fraction of sp³-hybridized carbons (Fsp3) is 0.500. The smallest absolute Gasteiger partial charge is 0.168 e. The molecule has 1 aromatic carbocycles. The van der Waals surface area contributed by atoms with Crippen LogP contribution in [0.25, 0.3) is 0 Å². The van der Waals surface area contributed by atoms with E-state index in [2.05, 4.69) is 12.3 Å². The summed E-state index contributed by atoms with van der Waals surface area (Å²) in [5, 5.41) is 0. The van der Waals surface area contributed by atoms with Gasteiger partial charge in [-0.15, -0.1) is 0 Å². The highest BCUT2D eigenvalue weighted by Crippen LogP contribution is 2.21. The van der Waals surface area contributed by atoms with Crippen molar-refractivity contribution in [3.8, 4) is 5.75 Å². The van der Waals surface area contributed by atoms with Gasteiger partial charge in [-0.1, -0.05) is 25.5 Å². The maximum atomic E-state index is 13.8. The molecule has 1 aromatic rings. The van der Waals surface area contributed by atoms with Gasteiger partial charge in [0, 0.05) is 6.04 Å². The van der Waals surface area contributed by atoms with Crippen LogP contribution in [0.1, 0.15) is 25.3 Å². The van der Waals surface area contributed by atoms with Crippen molar-refractivity contribution in [2.24, 2.45) is 5.84 Å². The number of nitrogens with one attached hydrogen (secondary N) is 1. The lowest BCUT2D eigenvalue weighted by Gasteiger charge is -2.16. The lowest BCUT2D eigenvalue weighted by Crippen LogP contribution is -2.36. The predicted octanol–water partition coefficient (Wildman–Crippen LogP) is 2.01. The molecular formula is C12H19FN2O. The third-order valence-corrected chi connectivity index (χ3v) is 2.60. The molecule has 16 heavy (non-hydrogen) atoms. The third kappa shape index (κ3) is 3.18. The average molecular weight is 226 g/mol. The van der Waals surface area contributed by atoms with E-state index in [9.17, 15) is 4.39 Å². The Kier molecular flexibility index (Phi) is 5.22. The van der Waals surface area contributed by atoms with Crippen LogP contribution in [0.2, 0.25) is 0 Å². The van der Waals surface area contributed by atoms with Crippen LogP contribution in [0.3, 0.4) is 0 Å². The third-order valence-electron chi connectivity index (χ3n) is 2.60. The molecule has 3 nitrogen and oxygen atoms in total. The number of rotatable bonds is 6. The van der Waals surface area contributed by atoms with Gasteiger partial charge in [-0.3, -0.25) is 11.3 Å². The van der Waals surface area contributed by atoms with E-state index < -0.39 is 0 Å². The molecule has 3 N–H and O–H groups in total. The van der Waals surface area contributed by atoms with Crippen LogP contribution < -0.4 is 16.0 Å². The summed E-state index contributed by atoms with van der Waals surface area (Å²) in [4.78, 5) is 0. The van der Waals surface area contributed by atoms with Crippen molar-refractivity contribution in [2.45, 2.75) is 32.2 Å². The van der Waals surface area contributed by atoms with Gasteiger partial charge in [0.15, 0.2) is 11.6 Å². The predicted molar refractivity (Wildman–Crippen MR) is 62.7 cm³/mol. The minimum Gasteiger partial charge on any atom is -0.494 e. The number of halogens is 1. The summed E-state index contributed by atoms with van der Waals surface area (Å²) in [5.74, 6) is 5.42. The number of ether oxygens (including phenoxy) is 1. The minimum absolute atomic E-state index is 0.103. The number of hydrazine groups is 1. The summed E-state index contributed by atoms with van der Waals surface area (Å²) in [6.07, 6.45) is 2.51. The Labute approximate surface area is 95.8 Å². The molecule has 4 heteroatoms. The van der Waals surface area contributed by atoms with E-state index in [1.54, 1.807) is 18.2 Å². The highest BCUT2D eigenvalue weighted by atomic mass is 19.1. The summed E-state index contributed by atoms with van der Waals surface area (Å²) in [6, 6.07) is 5.27. The van der Waals surface area contributed by atoms with Crippen molar-refractivity contribution in [1.82, 2.24) is 5.43 Å². The Morgan fingerprint density at radius 2 is 2.25 bits per heavy atom. The van der Waals surface area contributed by atoms with Crippen molar-refractivity contribution < 1.29 is 9.13 Å². The van der Waals surface area contributed by atoms with Crippen LogP contribution in [-0.4, -0.2) is 13.2 Å². The van der Waals surface area contributed by atoms with Gasteiger partial charge in [-0.2, -0.15) is 0 Å². The van der Waals surface area contributed by atoms with Crippen LogP contribution in [0.15, 0.2) is 18.2 Å². The standard InChI is InChI=1S/C12H19FN2O/c1-3-5-10(15-14)8-9-6-4-7-11(16-2)12(9)13/h4,6-7,10,15H,3,5,8,14H2,1-2H3. The van der Waals surface area contributed by atoms with Crippen molar-refractivity contribution in [1.29, 1.82) is 0 Å². The van der Waals surface area contributed by atoms with Gasteiger partial charge in [-0.05, 0) is 24.5 Å². The Morgan fingerprint density at radius 1 is 1.50 bits per heavy atom. The molecule has 1 unspecified atom stereocenters. The topological polar surface area (TPSA) is 47.3 Å². The van der Waals surface area contributed by atoms with Gasteiger partial charge in [0.2, 0.25) is 0 Å². The second kappa shape index (κ2) is 6.45.